The smallest absolute Gasteiger partial charge is 0.320 e. The molecule has 19 heavy (non-hydrogen) atoms. The second-order valence-electron chi connectivity index (χ2n) is 3.42. The van der Waals surface area contributed by atoms with E-state index in [0.29, 0.717) is 0 Å². The molecule has 0 fully saturated rings. The summed E-state index contributed by atoms with van der Waals surface area (Å²) in [5.74, 6) is -4.50. The highest BCUT2D eigenvalue weighted by atomic mass is 35.5. The molecule has 1 rings (SSSR count). The lowest BCUT2D eigenvalue weighted by atomic mass is 9.98. The van der Waals surface area contributed by atoms with Gasteiger partial charge in [0.25, 0.3) is 0 Å². The van der Waals surface area contributed by atoms with Gasteiger partial charge in [-0.1, -0.05) is 11.6 Å². The van der Waals surface area contributed by atoms with E-state index in [4.69, 9.17) is 17.1 Å². The molecule has 0 radical (unpaired) electrons. The van der Waals surface area contributed by atoms with Crippen molar-refractivity contribution in [3.05, 3.63) is 34.8 Å². The summed E-state index contributed by atoms with van der Waals surface area (Å²) in [5.41, 5.74) is -0.554. The predicted octanol–water partition coefficient (Wildman–Crippen LogP) is 1.88. The fraction of sp³-hybridized carbons (Fsp3) is 0.308. The van der Waals surface area contributed by atoms with Crippen LogP contribution in [0.3, 0.4) is 0 Å². The molecule has 0 amide bonds. The number of ketones is 1. The monoisotopic (exact) mass is 288 g/mol. The third kappa shape index (κ3) is 4.06. The number of esters is 2. The molecule has 0 N–H and O–H groups in total. The summed E-state index contributed by atoms with van der Waals surface area (Å²) in [6.45, 7) is 0. The maximum Gasteiger partial charge on any atom is 0.320 e. The minimum Gasteiger partial charge on any atom is -0.468 e. The lowest BCUT2D eigenvalue weighted by Crippen LogP contribution is -2.28. The molecule has 1 aromatic carbocycles. The number of ether oxygens (including phenoxy) is 2. The van der Waals surface area contributed by atoms with Gasteiger partial charge in [-0.2, -0.15) is 0 Å². The lowest BCUT2D eigenvalue weighted by molar-refractivity contribution is -0.158. The topological polar surface area (TPSA) is 69.7 Å². The van der Waals surface area contributed by atoms with Gasteiger partial charge >= 0.3 is 11.9 Å². The highest BCUT2D eigenvalue weighted by molar-refractivity contribution is 6.30. The van der Waals surface area contributed by atoms with Gasteiger partial charge < -0.3 is 9.47 Å². The van der Waals surface area contributed by atoms with E-state index in [1.165, 1.54) is 0 Å². The Kier molecular flexibility index (Phi) is 3.62. The van der Waals surface area contributed by atoms with E-state index < -0.39 is 64.8 Å². The Balaban J connectivity index is 3.30. The van der Waals surface area contributed by atoms with Crippen LogP contribution in [0, 0.1) is 5.92 Å². The predicted molar refractivity (Wildman–Crippen MR) is 67.9 cm³/mol. The molecule has 0 unspecified atom stereocenters. The Morgan fingerprint density at radius 3 is 2.05 bits per heavy atom. The number of carbonyl (C=O) groups is 3. The molecular weight excluding hydrogens is 272 g/mol. The average molecular weight is 289 g/mol. The maximum absolute atomic E-state index is 12.3. The summed E-state index contributed by atoms with van der Waals surface area (Å²) in [6, 6.07) is -2.45. The van der Waals surface area contributed by atoms with Crippen molar-refractivity contribution < 1.29 is 29.3 Å². The zero-order chi connectivity index (χ0) is 17.9. The molecule has 0 aliphatic heterocycles. The van der Waals surface area contributed by atoms with Crippen molar-refractivity contribution in [1.29, 1.82) is 0 Å². The van der Waals surface area contributed by atoms with E-state index in [1.807, 2.05) is 0 Å². The molecule has 6 heteroatoms. The summed E-state index contributed by atoms with van der Waals surface area (Å²) < 4.78 is 39.4. The molecular formula is C13H13ClO5. The summed E-state index contributed by atoms with van der Waals surface area (Å²) in [4.78, 5) is 35.4. The molecule has 102 valence electrons. The van der Waals surface area contributed by atoms with Crippen molar-refractivity contribution >= 4 is 29.3 Å². The number of methoxy groups -OCH3 is 2. The number of rotatable bonds is 5. The standard InChI is InChI=1S/C13H13ClO5/c1-18-12(16)10(13(17)19-2)7-11(15)8-3-5-9(14)6-4-8/h3-6,10H,7H2,1-2H3/i3D,4D,5D,6D. The van der Waals surface area contributed by atoms with Crippen molar-refractivity contribution in [2.75, 3.05) is 14.2 Å². The normalized spacial score (nSPS) is 13.1. The third-order valence-corrected chi connectivity index (χ3v) is 2.42. The minimum absolute atomic E-state index is 0.422. The highest BCUT2D eigenvalue weighted by Gasteiger charge is 2.31. The Hall–Kier alpha value is -1.88. The molecule has 0 bridgehead atoms. The van der Waals surface area contributed by atoms with E-state index in [-0.39, 0.29) is 0 Å². The van der Waals surface area contributed by atoms with E-state index in [9.17, 15) is 14.4 Å². The van der Waals surface area contributed by atoms with Gasteiger partial charge in [0.05, 0.1) is 19.7 Å². The maximum atomic E-state index is 12.3. The van der Waals surface area contributed by atoms with Crippen LogP contribution < -0.4 is 0 Å². The van der Waals surface area contributed by atoms with Crippen molar-refractivity contribution in [3.8, 4) is 0 Å². The number of hydrogen-bond acceptors (Lipinski definition) is 5. The third-order valence-electron chi connectivity index (χ3n) is 2.23. The van der Waals surface area contributed by atoms with Gasteiger partial charge in [-0.05, 0) is 24.2 Å². The van der Waals surface area contributed by atoms with E-state index in [1.54, 1.807) is 0 Å². The molecule has 1 aromatic rings. The lowest BCUT2D eigenvalue weighted by Gasteiger charge is -2.11. The van der Waals surface area contributed by atoms with Crippen LogP contribution in [0.25, 0.3) is 0 Å². The molecule has 0 heterocycles. The fourth-order valence-electron chi connectivity index (χ4n) is 1.27. The first-order chi connectivity index (χ1) is 10.7. The molecule has 0 atom stereocenters. The molecule has 0 aliphatic rings. The van der Waals surface area contributed by atoms with Crippen molar-refractivity contribution in [3.63, 3.8) is 0 Å². The molecule has 0 aliphatic carbocycles. The average Bonchev–Trinajstić information content (AvgIpc) is 2.54. The first-order valence-electron chi connectivity index (χ1n) is 7.12. The van der Waals surface area contributed by atoms with Gasteiger partial charge in [-0.25, -0.2) is 0 Å². The number of carbonyl (C=O) groups excluding carboxylic acids is 3. The van der Waals surface area contributed by atoms with Crippen LogP contribution in [-0.2, 0) is 19.1 Å². The SMILES string of the molecule is [2H]c1c([2H])c(C(=O)CC(C(=O)OC)C(=O)OC)c([2H])c([2H])c1Cl. The Labute approximate surface area is 121 Å². The van der Waals surface area contributed by atoms with Gasteiger partial charge in [0.15, 0.2) is 11.7 Å². The quantitative estimate of drug-likeness (QED) is 0.470. The number of hydrogen-bond donors (Lipinski definition) is 0. The van der Waals surface area contributed by atoms with Crippen LogP contribution in [0.5, 0.6) is 0 Å². The summed E-state index contributed by atoms with van der Waals surface area (Å²) in [5, 5.41) is -0.422. The largest absolute Gasteiger partial charge is 0.468 e. The van der Waals surface area contributed by atoms with Crippen molar-refractivity contribution in [2.45, 2.75) is 6.42 Å². The van der Waals surface area contributed by atoms with Crippen LogP contribution in [0.15, 0.2) is 24.2 Å². The Morgan fingerprint density at radius 1 is 1.16 bits per heavy atom. The van der Waals surface area contributed by atoms with E-state index in [0.717, 1.165) is 14.2 Å². The molecule has 0 saturated heterocycles. The van der Waals surface area contributed by atoms with Gasteiger partial charge in [0, 0.05) is 17.0 Å². The van der Waals surface area contributed by atoms with Crippen LogP contribution in [-0.4, -0.2) is 31.9 Å². The van der Waals surface area contributed by atoms with Crippen molar-refractivity contribution in [1.82, 2.24) is 0 Å². The molecule has 0 aromatic heterocycles. The van der Waals surface area contributed by atoms with Gasteiger partial charge in [0.1, 0.15) is 0 Å². The summed E-state index contributed by atoms with van der Waals surface area (Å²) in [6.07, 6.45) is -0.711. The zero-order valence-electron chi connectivity index (χ0n) is 14.2. The Morgan fingerprint density at radius 2 is 1.63 bits per heavy atom. The van der Waals surface area contributed by atoms with Gasteiger partial charge in [-0.15, -0.1) is 0 Å². The molecule has 0 spiro atoms. The van der Waals surface area contributed by atoms with Crippen LogP contribution in [0.4, 0.5) is 0 Å². The first-order valence-corrected chi connectivity index (χ1v) is 5.49. The fourth-order valence-corrected chi connectivity index (χ4v) is 1.37. The summed E-state index contributed by atoms with van der Waals surface area (Å²) >= 11 is 5.64. The minimum atomic E-state index is -1.56. The Bertz CT molecular complexity index is 632. The molecule has 0 saturated carbocycles. The van der Waals surface area contributed by atoms with Crippen LogP contribution >= 0.6 is 11.6 Å². The van der Waals surface area contributed by atoms with Gasteiger partial charge in [-0.3, -0.25) is 14.4 Å². The zero-order valence-corrected chi connectivity index (χ0v) is 11.0. The first kappa shape index (κ1) is 9.97. The second kappa shape index (κ2) is 6.89. The van der Waals surface area contributed by atoms with E-state index in [2.05, 4.69) is 9.47 Å². The highest BCUT2D eigenvalue weighted by Crippen LogP contribution is 2.15. The van der Waals surface area contributed by atoms with Crippen molar-refractivity contribution in [2.24, 2.45) is 5.92 Å². The van der Waals surface area contributed by atoms with E-state index >= 15 is 0 Å². The second-order valence-corrected chi connectivity index (χ2v) is 3.79. The van der Waals surface area contributed by atoms with Crippen LogP contribution in [0.1, 0.15) is 22.3 Å². The number of Topliss-reactive ketones (excluding diaryl/α,β-unsaturated/α-hetero) is 1. The molecule has 5 nitrogen and oxygen atoms in total. The van der Waals surface area contributed by atoms with Crippen LogP contribution in [0.2, 0.25) is 5.02 Å². The number of benzene rings is 1. The summed E-state index contributed by atoms with van der Waals surface area (Å²) in [7, 11) is 2.06. The number of halogens is 1. The van der Waals surface area contributed by atoms with Gasteiger partial charge in [0.2, 0.25) is 0 Å².